The van der Waals surface area contributed by atoms with Crippen molar-refractivity contribution >= 4 is 11.6 Å². The molecule has 0 saturated heterocycles. The van der Waals surface area contributed by atoms with E-state index in [9.17, 15) is 4.79 Å². The first-order chi connectivity index (χ1) is 13.8. The average molecular weight is 372 g/mol. The van der Waals surface area contributed by atoms with Crippen LogP contribution in [0.15, 0.2) is 65.7 Å². The molecule has 1 aliphatic rings. The van der Waals surface area contributed by atoms with Gasteiger partial charge in [0.25, 0.3) is 11.8 Å². The van der Waals surface area contributed by atoms with Gasteiger partial charge in [-0.3, -0.25) is 9.36 Å². The summed E-state index contributed by atoms with van der Waals surface area (Å²) in [5.41, 5.74) is 1.68. The standard InChI is InChI=1S/C20H16N6O2/c27-19(23-14-5-2-1-3-6-14)16-11-26(12-22-16)18-15(7-4-10-21-18)20-24-17(25-28-20)13-8-9-13/h1-7,10-13H,8-9H2,(H,23,27). The van der Waals surface area contributed by atoms with Gasteiger partial charge in [-0.05, 0) is 37.1 Å². The Morgan fingerprint density at radius 2 is 1.96 bits per heavy atom. The fraction of sp³-hybridized carbons (Fsp3) is 0.150. The second kappa shape index (κ2) is 6.73. The number of benzene rings is 1. The van der Waals surface area contributed by atoms with Crippen molar-refractivity contribution in [3.63, 3.8) is 0 Å². The van der Waals surface area contributed by atoms with Gasteiger partial charge in [0.05, 0.1) is 5.56 Å². The Labute approximate surface area is 160 Å². The molecule has 0 unspecified atom stereocenters. The highest BCUT2D eigenvalue weighted by atomic mass is 16.5. The molecule has 0 bridgehead atoms. The summed E-state index contributed by atoms with van der Waals surface area (Å²) in [5, 5.41) is 6.88. The molecule has 28 heavy (non-hydrogen) atoms. The first kappa shape index (κ1) is 16.4. The van der Waals surface area contributed by atoms with Gasteiger partial charge >= 0.3 is 0 Å². The number of rotatable bonds is 5. The number of nitrogens with zero attached hydrogens (tertiary/aromatic N) is 5. The van der Waals surface area contributed by atoms with Crippen molar-refractivity contribution in [3.05, 3.63) is 72.7 Å². The Kier molecular flexibility index (Phi) is 3.93. The van der Waals surface area contributed by atoms with Gasteiger partial charge in [-0.2, -0.15) is 4.98 Å². The molecule has 1 amide bonds. The molecule has 138 valence electrons. The van der Waals surface area contributed by atoms with Crippen LogP contribution in [0.25, 0.3) is 17.3 Å². The van der Waals surface area contributed by atoms with Crippen LogP contribution < -0.4 is 5.32 Å². The second-order valence-corrected chi connectivity index (χ2v) is 6.59. The minimum atomic E-state index is -0.295. The molecule has 1 aromatic carbocycles. The molecule has 5 rings (SSSR count). The lowest BCUT2D eigenvalue weighted by Crippen LogP contribution is -2.12. The van der Waals surface area contributed by atoms with E-state index in [4.69, 9.17) is 4.52 Å². The van der Waals surface area contributed by atoms with Crippen LogP contribution in [0.2, 0.25) is 0 Å². The Hall–Kier alpha value is -3.81. The molecule has 1 N–H and O–H groups in total. The van der Waals surface area contributed by atoms with E-state index in [1.54, 1.807) is 29.4 Å². The van der Waals surface area contributed by atoms with E-state index < -0.39 is 0 Å². The van der Waals surface area contributed by atoms with Crippen molar-refractivity contribution in [2.45, 2.75) is 18.8 Å². The van der Waals surface area contributed by atoms with Crippen LogP contribution in [-0.4, -0.2) is 30.6 Å². The van der Waals surface area contributed by atoms with E-state index in [1.807, 2.05) is 36.4 Å². The van der Waals surface area contributed by atoms with Gasteiger partial charge in [0, 0.05) is 24.0 Å². The lowest BCUT2D eigenvalue weighted by Gasteiger charge is -2.05. The molecular formula is C20H16N6O2. The normalized spacial score (nSPS) is 13.4. The maximum Gasteiger partial charge on any atom is 0.275 e. The molecule has 1 saturated carbocycles. The smallest absolute Gasteiger partial charge is 0.275 e. The highest BCUT2D eigenvalue weighted by Gasteiger charge is 2.29. The minimum Gasteiger partial charge on any atom is -0.334 e. The van der Waals surface area contributed by atoms with Crippen molar-refractivity contribution in [2.75, 3.05) is 5.32 Å². The van der Waals surface area contributed by atoms with Crippen LogP contribution in [-0.2, 0) is 0 Å². The summed E-state index contributed by atoms with van der Waals surface area (Å²) in [4.78, 5) is 25.6. The van der Waals surface area contributed by atoms with Gasteiger partial charge in [-0.1, -0.05) is 23.4 Å². The van der Waals surface area contributed by atoms with Gasteiger partial charge in [0.1, 0.15) is 12.0 Å². The van der Waals surface area contributed by atoms with E-state index in [0.717, 1.165) is 18.7 Å². The summed E-state index contributed by atoms with van der Waals surface area (Å²) in [5.74, 6) is 1.82. The first-order valence-corrected chi connectivity index (χ1v) is 8.98. The zero-order valence-electron chi connectivity index (χ0n) is 14.8. The van der Waals surface area contributed by atoms with Crippen LogP contribution in [0, 0.1) is 0 Å². The molecule has 3 heterocycles. The third-order valence-corrected chi connectivity index (χ3v) is 4.49. The molecule has 0 atom stereocenters. The van der Waals surface area contributed by atoms with E-state index >= 15 is 0 Å². The number of hydrogen-bond acceptors (Lipinski definition) is 6. The fourth-order valence-electron chi connectivity index (χ4n) is 2.89. The zero-order chi connectivity index (χ0) is 18.9. The number of carbonyl (C=O) groups excluding carboxylic acids is 1. The summed E-state index contributed by atoms with van der Waals surface area (Å²) < 4.78 is 7.11. The number of anilines is 1. The van der Waals surface area contributed by atoms with Crippen LogP contribution >= 0.6 is 0 Å². The van der Waals surface area contributed by atoms with Crippen LogP contribution in [0.3, 0.4) is 0 Å². The number of nitrogens with one attached hydrogen (secondary N) is 1. The van der Waals surface area contributed by atoms with E-state index in [-0.39, 0.29) is 11.6 Å². The monoisotopic (exact) mass is 372 g/mol. The Balaban J connectivity index is 1.43. The van der Waals surface area contributed by atoms with Gasteiger partial charge in [-0.15, -0.1) is 0 Å². The summed E-state index contributed by atoms with van der Waals surface area (Å²) in [6.07, 6.45) is 7.04. The Morgan fingerprint density at radius 1 is 1.11 bits per heavy atom. The second-order valence-electron chi connectivity index (χ2n) is 6.59. The number of aromatic nitrogens is 5. The van der Waals surface area contributed by atoms with E-state index in [0.29, 0.717) is 28.9 Å². The summed E-state index contributed by atoms with van der Waals surface area (Å²) >= 11 is 0. The SMILES string of the molecule is O=C(Nc1ccccc1)c1cn(-c2ncccc2-c2nc(C3CC3)no2)cn1. The van der Waals surface area contributed by atoms with E-state index in [1.165, 1.54) is 0 Å². The molecular weight excluding hydrogens is 356 g/mol. The van der Waals surface area contributed by atoms with Crippen LogP contribution in [0.1, 0.15) is 35.1 Å². The van der Waals surface area contributed by atoms with Crippen molar-refractivity contribution in [3.8, 4) is 17.3 Å². The lowest BCUT2D eigenvalue weighted by molar-refractivity contribution is 0.102. The number of para-hydroxylation sites is 1. The molecule has 3 aromatic heterocycles. The fourth-order valence-corrected chi connectivity index (χ4v) is 2.89. The molecule has 1 fully saturated rings. The van der Waals surface area contributed by atoms with Crippen molar-refractivity contribution in [1.82, 2.24) is 24.7 Å². The highest BCUT2D eigenvalue weighted by Crippen LogP contribution is 2.39. The zero-order valence-corrected chi connectivity index (χ0v) is 14.8. The molecule has 4 aromatic rings. The first-order valence-electron chi connectivity index (χ1n) is 8.98. The van der Waals surface area contributed by atoms with Crippen molar-refractivity contribution in [1.29, 1.82) is 0 Å². The van der Waals surface area contributed by atoms with Crippen molar-refractivity contribution < 1.29 is 9.32 Å². The average Bonchev–Trinajstić information content (AvgIpc) is 3.26. The highest BCUT2D eigenvalue weighted by molar-refractivity contribution is 6.02. The molecule has 8 heteroatoms. The number of hydrogen-bond donors (Lipinski definition) is 1. The molecule has 0 radical (unpaired) electrons. The maximum atomic E-state index is 12.5. The Bertz CT molecular complexity index is 1130. The van der Waals surface area contributed by atoms with Crippen LogP contribution in [0.4, 0.5) is 5.69 Å². The van der Waals surface area contributed by atoms with Gasteiger partial charge in [0.15, 0.2) is 11.6 Å². The third-order valence-electron chi connectivity index (χ3n) is 4.49. The third kappa shape index (κ3) is 3.16. The largest absolute Gasteiger partial charge is 0.334 e. The lowest BCUT2D eigenvalue weighted by atomic mass is 10.2. The van der Waals surface area contributed by atoms with Crippen LogP contribution in [0.5, 0.6) is 0 Å². The Morgan fingerprint density at radius 3 is 2.79 bits per heavy atom. The molecule has 8 nitrogen and oxygen atoms in total. The van der Waals surface area contributed by atoms with Crippen molar-refractivity contribution in [2.24, 2.45) is 0 Å². The molecule has 1 aliphatic carbocycles. The number of amides is 1. The summed E-state index contributed by atoms with van der Waals surface area (Å²) in [6, 6.07) is 12.9. The maximum absolute atomic E-state index is 12.5. The predicted octanol–water partition coefficient (Wildman–Crippen LogP) is 3.45. The number of pyridine rings is 1. The van der Waals surface area contributed by atoms with Gasteiger partial charge in [0.2, 0.25) is 0 Å². The summed E-state index contributed by atoms with van der Waals surface area (Å²) in [7, 11) is 0. The quantitative estimate of drug-likeness (QED) is 0.576. The number of carbonyl (C=O) groups is 1. The predicted molar refractivity (Wildman–Crippen MR) is 101 cm³/mol. The van der Waals surface area contributed by atoms with Gasteiger partial charge < -0.3 is 9.84 Å². The molecule has 0 spiro atoms. The molecule has 0 aliphatic heterocycles. The van der Waals surface area contributed by atoms with Gasteiger partial charge in [-0.25, -0.2) is 9.97 Å². The number of imidazole rings is 1. The minimum absolute atomic E-state index is 0.282. The van der Waals surface area contributed by atoms with E-state index in [2.05, 4.69) is 25.4 Å². The topological polar surface area (TPSA) is 98.7 Å². The summed E-state index contributed by atoms with van der Waals surface area (Å²) in [6.45, 7) is 0.